The Morgan fingerprint density at radius 2 is 1.80 bits per heavy atom. The summed E-state index contributed by atoms with van der Waals surface area (Å²) in [7, 11) is 0. The highest BCUT2D eigenvalue weighted by Crippen LogP contribution is 2.47. The molecule has 0 spiro atoms. The second kappa shape index (κ2) is 8.27. The molecule has 30 heavy (non-hydrogen) atoms. The molecular formula is C23H28F4N2O. The number of benzene rings is 1. The molecule has 2 heterocycles. The Labute approximate surface area is 174 Å². The lowest BCUT2D eigenvalue weighted by molar-refractivity contribution is -0.239. The molecule has 1 aliphatic heterocycles. The first-order chi connectivity index (χ1) is 13.9. The van der Waals surface area contributed by atoms with Gasteiger partial charge in [0.05, 0.1) is 0 Å². The Kier molecular flexibility index (Phi) is 6.25. The van der Waals surface area contributed by atoms with Crippen LogP contribution in [0.3, 0.4) is 0 Å². The van der Waals surface area contributed by atoms with E-state index in [0.29, 0.717) is 13.0 Å². The van der Waals surface area contributed by atoms with Crippen LogP contribution in [0, 0.1) is 18.2 Å². The maximum Gasteiger partial charge on any atom is 0.414 e. The molecule has 1 aromatic heterocycles. The van der Waals surface area contributed by atoms with Crippen LogP contribution in [-0.2, 0) is 12.0 Å². The van der Waals surface area contributed by atoms with Crippen LogP contribution in [0.2, 0.25) is 0 Å². The zero-order chi connectivity index (χ0) is 22.2. The predicted octanol–water partition coefficient (Wildman–Crippen LogP) is 5.01. The molecule has 164 valence electrons. The average Bonchev–Trinajstić information content (AvgIpc) is 3.13. The second-order valence-electron chi connectivity index (χ2n) is 8.85. The molecule has 2 atom stereocenters. The van der Waals surface area contributed by atoms with Crippen molar-refractivity contribution in [1.29, 1.82) is 0 Å². The molecule has 0 saturated carbocycles. The number of aromatic nitrogens is 1. The van der Waals surface area contributed by atoms with E-state index in [9.17, 15) is 22.7 Å². The highest BCUT2D eigenvalue weighted by Gasteiger charge is 2.56. The molecule has 1 fully saturated rings. The summed E-state index contributed by atoms with van der Waals surface area (Å²) in [4.78, 5) is 6.32. The maximum absolute atomic E-state index is 13.6. The second-order valence-corrected chi connectivity index (χ2v) is 8.85. The Bertz CT molecular complexity index is 849. The van der Waals surface area contributed by atoms with Crippen molar-refractivity contribution in [2.75, 3.05) is 13.1 Å². The van der Waals surface area contributed by atoms with E-state index in [1.54, 1.807) is 18.3 Å². The van der Waals surface area contributed by atoms with Gasteiger partial charge in [-0.1, -0.05) is 18.2 Å². The van der Waals surface area contributed by atoms with Gasteiger partial charge in [0.1, 0.15) is 5.82 Å². The van der Waals surface area contributed by atoms with Gasteiger partial charge in [0.2, 0.25) is 0 Å². The van der Waals surface area contributed by atoms with Gasteiger partial charge in [-0.25, -0.2) is 4.39 Å². The highest BCUT2D eigenvalue weighted by molar-refractivity contribution is 5.23. The summed E-state index contributed by atoms with van der Waals surface area (Å²) in [6, 6.07) is 9.60. The van der Waals surface area contributed by atoms with E-state index < -0.39 is 23.2 Å². The molecule has 1 aromatic carbocycles. The number of likely N-dealkylation sites (tertiary alicyclic amines) is 1. The summed E-state index contributed by atoms with van der Waals surface area (Å²) in [5.74, 6) is -0.385. The monoisotopic (exact) mass is 424 g/mol. The first-order valence-corrected chi connectivity index (χ1v) is 10.1. The van der Waals surface area contributed by atoms with Crippen molar-refractivity contribution in [2.24, 2.45) is 5.41 Å². The Morgan fingerprint density at radius 1 is 1.13 bits per heavy atom. The van der Waals surface area contributed by atoms with E-state index in [1.807, 2.05) is 37.8 Å². The van der Waals surface area contributed by atoms with Crippen LogP contribution < -0.4 is 0 Å². The molecular weight excluding hydrogens is 396 g/mol. The standard InChI is InChI=1S/C23H28F4N2O/c1-16-4-7-18(14-28-16)21(2,3)29-13-12-22(15-29,20(30)23(25,26)27)11-10-17-5-8-19(24)9-6-17/h4-9,14,20,30H,10-13,15H2,1-3H3/t20-,22-/m1/s1. The smallest absolute Gasteiger partial charge is 0.383 e. The molecule has 1 saturated heterocycles. The van der Waals surface area contributed by atoms with E-state index in [4.69, 9.17) is 0 Å². The van der Waals surface area contributed by atoms with E-state index in [1.165, 1.54) is 12.1 Å². The van der Waals surface area contributed by atoms with Crippen molar-refractivity contribution >= 4 is 0 Å². The Balaban J connectivity index is 1.84. The molecule has 1 N–H and O–H groups in total. The van der Waals surface area contributed by atoms with Gasteiger partial charge in [-0.2, -0.15) is 13.2 Å². The summed E-state index contributed by atoms with van der Waals surface area (Å²) in [6.45, 7) is 6.38. The number of rotatable bonds is 6. The first-order valence-electron chi connectivity index (χ1n) is 10.1. The number of hydrogen-bond acceptors (Lipinski definition) is 3. The Hall–Kier alpha value is -1.99. The molecule has 0 unspecified atom stereocenters. The number of aliphatic hydroxyl groups is 1. The fraction of sp³-hybridized carbons (Fsp3) is 0.522. The summed E-state index contributed by atoms with van der Waals surface area (Å²) in [5, 5.41) is 10.3. The highest BCUT2D eigenvalue weighted by atomic mass is 19.4. The van der Waals surface area contributed by atoms with Crippen LogP contribution in [0.1, 0.15) is 43.5 Å². The molecule has 0 bridgehead atoms. The van der Waals surface area contributed by atoms with Crippen LogP contribution in [0.5, 0.6) is 0 Å². The molecule has 2 aromatic rings. The fourth-order valence-corrected chi connectivity index (χ4v) is 4.34. The number of hydrogen-bond donors (Lipinski definition) is 1. The normalized spacial score (nSPS) is 21.7. The summed E-state index contributed by atoms with van der Waals surface area (Å²) >= 11 is 0. The predicted molar refractivity (Wildman–Crippen MR) is 107 cm³/mol. The maximum atomic E-state index is 13.6. The van der Waals surface area contributed by atoms with Gasteiger partial charge < -0.3 is 5.11 Å². The number of aryl methyl sites for hydroxylation is 2. The average molecular weight is 424 g/mol. The largest absolute Gasteiger partial charge is 0.414 e. The fourth-order valence-electron chi connectivity index (χ4n) is 4.34. The lowest BCUT2D eigenvalue weighted by atomic mass is 9.75. The summed E-state index contributed by atoms with van der Waals surface area (Å²) < 4.78 is 53.9. The van der Waals surface area contributed by atoms with Gasteiger partial charge in [-0.3, -0.25) is 9.88 Å². The van der Waals surface area contributed by atoms with Gasteiger partial charge >= 0.3 is 6.18 Å². The third-order valence-corrected chi connectivity index (χ3v) is 6.51. The van der Waals surface area contributed by atoms with E-state index in [-0.39, 0.29) is 25.2 Å². The van der Waals surface area contributed by atoms with Crippen molar-refractivity contribution in [3.8, 4) is 0 Å². The number of aliphatic hydroxyl groups excluding tert-OH is 1. The lowest BCUT2D eigenvalue weighted by Gasteiger charge is -2.40. The van der Waals surface area contributed by atoms with E-state index in [0.717, 1.165) is 16.8 Å². The van der Waals surface area contributed by atoms with Crippen molar-refractivity contribution < 1.29 is 22.7 Å². The van der Waals surface area contributed by atoms with Crippen LogP contribution >= 0.6 is 0 Å². The molecule has 0 aliphatic carbocycles. The van der Waals surface area contributed by atoms with Crippen LogP contribution in [0.15, 0.2) is 42.6 Å². The summed E-state index contributed by atoms with van der Waals surface area (Å²) in [5.41, 5.74) is 0.706. The first kappa shape index (κ1) is 22.7. The van der Waals surface area contributed by atoms with Gasteiger partial charge in [0, 0.05) is 29.4 Å². The third-order valence-electron chi connectivity index (χ3n) is 6.51. The molecule has 0 amide bonds. The molecule has 1 aliphatic rings. The quantitative estimate of drug-likeness (QED) is 0.662. The van der Waals surface area contributed by atoms with Gasteiger partial charge in [0.25, 0.3) is 0 Å². The SMILES string of the molecule is Cc1ccc(C(C)(C)N2CC[C@@](CCc3ccc(F)cc3)([C@@H](O)C(F)(F)F)C2)cn1. The topological polar surface area (TPSA) is 36.4 Å². The Morgan fingerprint density at radius 3 is 2.37 bits per heavy atom. The van der Waals surface area contributed by atoms with Gasteiger partial charge in [-0.15, -0.1) is 0 Å². The van der Waals surface area contributed by atoms with E-state index in [2.05, 4.69) is 4.98 Å². The number of nitrogens with zero attached hydrogens (tertiary/aromatic N) is 2. The van der Waals surface area contributed by atoms with Gasteiger partial charge in [-0.05, 0) is 75.9 Å². The molecule has 0 radical (unpaired) electrons. The van der Waals surface area contributed by atoms with Gasteiger partial charge in [0.15, 0.2) is 6.10 Å². The van der Waals surface area contributed by atoms with Crippen molar-refractivity contribution in [3.63, 3.8) is 0 Å². The van der Waals surface area contributed by atoms with Crippen molar-refractivity contribution in [3.05, 3.63) is 65.2 Å². The number of halogens is 4. The third kappa shape index (κ3) is 4.67. The minimum absolute atomic E-state index is 0.121. The summed E-state index contributed by atoms with van der Waals surface area (Å²) in [6.07, 6.45) is -4.62. The van der Waals surface area contributed by atoms with Crippen LogP contribution in [-0.4, -0.2) is 40.4 Å². The lowest BCUT2D eigenvalue weighted by Crippen LogP contribution is -2.49. The minimum Gasteiger partial charge on any atom is -0.383 e. The molecule has 3 nitrogen and oxygen atoms in total. The van der Waals surface area contributed by atoms with Crippen LogP contribution in [0.25, 0.3) is 0 Å². The number of pyridine rings is 1. The molecule has 7 heteroatoms. The zero-order valence-corrected chi connectivity index (χ0v) is 17.5. The van der Waals surface area contributed by atoms with E-state index >= 15 is 0 Å². The zero-order valence-electron chi connectivity index (χ0n) is 17.5. The number of alkyl halides is 3. The minimum atomic E-state index is -4.70. The van der Waals surface area contributed by atoms with Crippen LogP contribution in [0.4, 0.5) is 17.6 Å². The van der Waals surface area contributed by atoms with Crippen molar-refractivity contribution in [2.45, 2.75) is 57.9 Å². The van der Waals surface area contributed by atoms with Crippen molar-refractivity contribution in [1.82, 2.24) is 9.88 Å². The molecule has 3 rings (SSSR count).